The van der Waals surface area contributed by atoms with Crippen molar-refractivity contribution in [3.05, 3.63) is 96.1 Å². The summed E-state index contributed by atoms with van der Waals surface area (Å²) in [6.45, 7) is 1.71. The molecule has 31 heavy (non-hydrogen) atoms. The number of aromatic nitrogens is 4. The maximum Gasteiger partial charge on any atom is 0.253 e. The van der Waals surface area contributed by atoms with Crippen molar-refractivity contribution in [2.45, 2.75) is 13.0 Å². The summed E-state index contributed by atoms with van der Waals surface area (Å²) >= 11 is 0. The Balaban J connectivity index is 1.53. The van der Waals surface area contributed by atoms with Crippen LogP contribution in [0.1, 0.15) is 27.5 Å². The molecule has 0 fully saturated rings. The molecule has 3 N–H and O–H groups in total. The monoisotopic (exact) mass is 414 g/mol. The van der Waals surface area contributed by atoms with Crippen molar-refractivity contribution >= 4 is 17.7 Å². The molecule has 3 heterocycles. The minimum absolute atomic E-state index is 0.190. The molecule has 1 aromatic carbocycles. The fourth-order valence-electron chi connectivity index (χ4n) is 3.13. The molecular formula is C23H22N6O2. The summed E-state index contributed by atoms with van der Waals surface area (Å²) in [6, 6.07) is 16.1. The number of aliphatic hydroxyl groups excluding tert-OH is 1. The van der Waals surface area contributed by atoms with Gasteiger partial charge in [0.25, 0.3) is 5.91 Å². The number of aryl methyl sites for hydroxylation is 1. The van der Waals surface area contributed by atoms with E-state index in [4.69, 9.17) is 0 Å². The first-order valence-electron chi connectivity index (χ1n) is 9.81. The Kier molecular flexibility index (Phi) is 6.00. The Morgan fingerprint density at radius 2 is 1.90 bits per heavy atom. The van der Waals surface area contributed by atoms with Gasteiger partial charge in [0, 0.05) is 30.4 Å². The first-order chi connectivity index (χ1) is 15.1. The molecule has 0 saturated carbocycles. The molecule has 0 aliphatic rings. The normalized spacial score (nSPS) is 11.7. The smallest absolute Gasteiger partial charge is 0.253 e. The summed E-state index contributed by atoms with van der Waals surface area (Å²) in [5, 5.41) is 15.6. The molecule has 0 bridgehead atoms. The second kappa shape index (κ2) is 9.19. The van der Waals surface area contributed by atoms with Gasteiger partial charge in [-0.05, 0) is 30.7 Å². The van der Waals surface area contributed by atoms with E-state index < -0.39 is 6.04 Å². The number of hydrogen-bond acceptors (Lipinski definition) is 6. The number of aliphatic hydroxyl groups is 1. The third-order valence-corrected chi connectivity index (χ3v) is 4.74. The summed E-state index contributed by atoms with van der Waals surface area (Å²) in [4.78, 5) is 25.8. The predicted molar refractivity (Wildman–Crippen MR) is 117 cm³/mol. The predicted octanol–water partition coefficient (Wildman–Crippen LogP) is 3.18. The van der Waals surface area contributed by atoms with E-state index in [0.29, 0.717) is 23.1 Å². The number of rotatable bonds is 7. The standard InChI is InChI=1S/C23H22N6O2/c1-16-13-25-23(27-20-9-5-6-11-24-20)28-21(16)29-12-10-18(14-29)22(31)26-19(15-30)17-7-3-2-4-8-17/h2-14,19,30H,15H2,1H3,(H,26,31)(H,24,25,27,28). The SMILES string of the molecule is Cc1cnc(Nc2ccccn2)nc1-n1ccc(C(=O)NC(CO)c2ccccc2)c1. The molecule has 0 saturated heterocycles. The highest BCUT2D eigenvalue weighted by atomic mass is 16.3. The first kappa shape index (κ1) is 20.2. The Hall–Kier alpha value is -4.04. The summed E-state index contributed by atoms with van der Waals surface area (Å²) in [6.07, 6.45) is 6.87. The minimum Gasteiger partial charge on any atom is -0.394 e. The lowest BCUT2D eigenvalue weighted by molar-refractivity contribution is 0.0916. The Morgan fingerprint density at radius 1 is 1.10 bits per heavy atom. The molecule has 3 aromatic heterocycles. The molecule has 8 nitrogen and oxygen atoms in total. The molecule has 8 heteroatoms. The quantitative estimate of drug-likeness (QED) is 0.429. The van der Waals surface area contributed by atoms with Crippen LogP contribution in [0.15, 0.2) is 79.4 Å². The Morgan fingerprint density at radius 3 is 2.65 bits per heavy atom. The third-order valence-electron chi connectivity index (χ3n) is 4.74. The van der Waals surface area contributed by atoms with Gasteiger partial charge in [0.15, 0.2) is 0 Å². The van der Waals surface area contributed by atoms with Crippen LogP contribution in [0.4, 0.5) is 11.8 Å². The first-order valence-corrected chi connectivity index (χ1v) is 9.81. The average molecular weight is 414 g/mol. The van der Waals surface area contributed by atoms with Gasteiger partial charge in [-0.15, -0.1) is 0 Å². The number of carbonyl (C=O) groups is 1. The molecule has 4 aromatic rings. The summed E-state index contributed by atoms with van der Waals surface area (Å²) in [5.41, 5.74) is 2.16. The van der Waals surface area contributed by atoms with Crippen LogP contribution in [0.2, 0.25) is 0 Å². The number of nitrogens with zero attached hydrogens (tertiary/aromatic N) is 4. The van der Waals surface area contributed by atoms with Gasteiger partial charge in [-0.25, -0.2) is 9.97 Å². The van der Waals surface area contributed by atoms with E-state index in [1.165, 1.54) is 0 Å². The lowest BCUT2D eigenvalue weighted by Gasteiger charge is -2.16. The zero-order valence-corrected chi connectivity index (χ0v) is 16.9. The molecule has 0 aliphatic carbocycles. The number of anilines is 2. The van der Waals surface area contributed by atoms with E-state index in [1.807, 2.05) is 55.5 Å². The lowest BCUT2D eigenvalue weighted by atomic mass is 10.1. The van der Waals surface area contributed by atoms with E-state index in [2.05, 4.69) is 25.6 Å². The summed E-state index contributed by atoms with van der Waals surface area (Å²) < 4.78 is 1.77. The van der Waals surface area contributed by atoms with Gasteiger partial charge in [-0.2, -0.15) is 4.98 Å². The van der Waals surface area contributed by atoms with Gasteiger partial charge in [0.1, 0.15) is 11.6 Å². The molecular weight excluding hydrogens is 392 g/mol. The van der Waals surface area contributed by atoms with Gasteiger partial charge in [-0.1, -0.05) is 36.4 Å². The second-order valence-electron chi connectivity index (χ2n) is 6.97. The maximum absolute atomic E-state index is 12.7. The van der Waals surface area contributed by atoms with Crippen LogP contribution in [-0.4, -0.2) is 37.1 Å². The van der Waals surface area contributed by atoms with Crippen LogP contribution in [0.25, 0.3) is 5.82 Å². The van der Waals surface area contributed by atoms with Crippen molar-refractivity contribution in [2.75, 3.05) is 11.9 Å². The van der Waals surface area contributed by atoms with Crippen molar-refractivity contribution < 1.29 is 9.90 Å². The highest BCUT2D eigenvalue weighted by Crippen LogP contribution is 2.18. The van der Waals surface area contributed by atoms with Crippen LogP contribution >= 0.6 is 0 Å². The van der Waals surface area contributed by atoms with Crippen molar-refractivity contribution in [2.24, 2.45) is 0 Å². The fraction of sp³-hybridized carbons (Fsp3) is 0.130. The molecule has 1 amide bonds. The van der Waals surface area contributed by atoms with E-state index in [1.54, 1.807) is 35.4 Å². The molecule has 156 valence electrons. The molecule has 0 aliphatic heterocycles. The Bertz CT molecular complexity index is 1160. The van der Waals surface area contributed by atoms with E-state index in [0.717, 1.165) is 11.1 Å². The van der Waals surface area contributed by atoms with Crippen molar-refractivity contribution in [3.63, 3.8) is 0 Å². The van der Waals surface area contributed by atoms with E-state index >= 15 is 0 Å². The summed E-state index contributed by atoms with van der Waals surface area (Å²) in [5.74, 6) is 1.42. The number of nitrogens with one attached hydrogen (secondary N) is 2. The fourth-order valence-corrected chi connectivity index (χ4v) is 3.13. The average Bonchev–Trinajstić information content (AvgIpc) is 3.30. The lowest BCUT2D eigenvalue weighted by Crippen LogP contribution is -2.30. The number of pyridine rings is 1. The van der Waals surface area contributed by atoms with Gasteiger partial charge in [-0.3, -0.25) is 4.79 Å². The van der Waals surface area contributed by atoms with Gasteiger partial charge in [0.2, 0.25) is 5.95 Å². The molecule has 4 rings (SSSR count). The van der Waals surface area contributed by atoms with Crippen LogP contribution < -0.4 is 10.6 Å². The largest absolute Gasteiger partial charge is 0.394 e. The number of carbonyl (C=O) groups excluding carboxylic acids is 1. The zero-order chi connectivity index (χ0) is 21.6. The van der Waals surface area contributed by atoms with Crippen LogP contribution in [0, 0.1) is 6.92 Å². The van der Waals surface area contributed by atoms with E-state index in [9.17, 15) is 9.90 Å². The van der Waals surface area contributed by atoms with Crippen LogP contribution in [0.5, 0.6) is 0 Å². The van der Waals surface area contributed by atoms with Gasteiger partial charge >= 0.3 is 0 Å². The van der Waals surface area contributed by atoms with Crippen molar-refractivity contribution in [3.8, 4) is 5.82 Å². The molecule has 1 unspecified atom stereocenters. The Labute approximate surface area is 179 Å². The number of benzene rings is 1. The molecule has 0 spiro atoms. The number of hydrogen-bond donors (Lipinski definition) is 3. The second-order valence-corrected chi connectivity index (χ2v) is 6.97. The maximum atomic E-state index is 12.7. The van der Waals surface area contributed by atoms with Gasteiger partial charge < -0.3 is 20.3 Å². The molecule has 0 radical (unpaired) electrons. The van der Waals surface area contributed by atoms with Gasteiger partial charge in [0.05, 0.1) is 18.2 Å². The van der Waals surface area contributed by atoms with Crippen LogP contribution in [0.3, 0.4) is 0 Å². The topological polar surface area (TPSA) is 105 Å². The minimum atomic E-state index is -0.480. The number of amides is 1. The third kappa shape index (κ3) is 4.76. The van der Waals surface area contributed by atoms with Crippen molar-refractivity contribution in [1.82, 2.24) is 24.8 Å². The highest BCUT2D eigenvalue weighted by molar-refractivity contribution is 5.94. The highest BCUT2D eigenvalue weighted by Gasteiger charge is 2.16. The molecule has 1 atom stereocenters. The van der Waals surface area contributed by atoms with E-state index in [-0.39, 0.29) is 12.5 Å². The van der Waals surface area contributed by atoms with Crippen molar-refractivity contribution in [1.29, 1.82) is 0 Å². The zero-order valence-electron chi connectivity index (χ0n) is 16.9. The summed E-state index contributed by atoms with van der Waals surface area (Å²) in [7, 11) is 0. The van der Waals surface area contributed by atoms with Crippen LogP contribution in [-0.2, 0) is 0 Å².